The van der Waals surface area contributed by atoms with E-state index in [2.05, 4.69) is 27.9 Å². The number of thiol groups is 1. The fraction of sp³-hybridized carbons (Fsp3) is 0.100. The predicted octanol–water partition coefficient (Wildman–Crippen LogP) is 1.67. The first-order valence-corrected chi connectivity index (χ1v) is 5.42. The number of rotatable bonds is 3. The minimum Gasteiger partial charge on any atom is -0.258 e. The van der Waals surface area contributed by atoms with Crippen molar-refractivity contribution in [2.24, 2.45) is 5.10 Å². The van der Waals surface area contributed by atoms with E-state index in [-0.39, 0.29) is 5.69 Å². The Hall–Kier alpha value is -2.22. The molecule has 0 unspecified atom stereocenters. The third-order valence-electron chi connectivity index (χ3n) is 2.21. The van der Waals surface area contributed by atoms with E-state index in [1.807, 2.05) is 0 Å². The number of non-ortho nitro benzene ring substituents is 1. The van der Waals surface area contributed by atoms with Crippen molar-refractivity contribution in [3.63, 3.8) is 0 Å². The highest BCUT2D eigenvalue weighted by Gasteiger charge is 2.04. The summed E-state index contributed by atoms with van der Waals surface area (Å²) in [5.74, 6) is 0.609. The normalized spacial score (nSPS) is 11.0. The van der Waals surface area contributed by atoms with Crippen molar-refractivity contribution < 1.29 is 4.92 Å². The molecule has 7 nitrogen and oxygen atoms in total. The van der Waals surface area contributed by atoms with E-state index in [1.165, 1.54) is 16.8 Å². The first-order chi connectivity index (χ1) is 8.58. The van der Waals surface area contributed by atoms with Crippen LogP contribution in [-0.4, -0.2) is 26.0 Å². The smallest absolute Gasteiger partial charge is 0.258 e. The molecule has 0 aliphatic heterocycles. The second-order valence-electron chi connectivity index (χ2n) is 3.45. The Kier molecular flexibility index (Phi) is 3.38. The van der Waals surface area contributed by atoms with E-state index in [4.69, 9.17) is 0 Å². The Morgan fingerprint density at radius 3 is 2.56 bits per heavy atom. The molecule has 0 N–H and O–H groups in total. The predicted molar refractivity (Wildman–Crippen MR) is 68.1 cm³/mol. The van der Waals surface area contributed by atoms with Gasteiger partial charge in [0, 0.05) is 12.1 Å². The van der Waals surface area contributed by atoms with E-state index >= 15 is 0 Å². The molecule has 0 fully saturated rings. The van der Waals surface area contributed by atoms with E-state index < -0.39 is 4.92 Å². The Morgan fingerprint density at radius 2 is 2.06 bits per heavy atom. The highest BCUT2D eigenvalue weighted by Crippen LogP contribution is 2.11. The summed E-state index contributed by atoms with van der Waals surface area (Å²) in [4.78, 5) is 10.0. The summed E-state index contributed by atoms with van der Waals surface area (Å²) in [6, 6.07) is 6.06. The fourth-order valence-corrected chi connectivity index (χ4v) is 1.53. The molecule has 0 aliphatic carbocycles. The van der Waals surface area contributed by atoms with Gasteiger partial charge in [-0.05, 0) is 24.6 Å². The van der Waals surface area contributed by atoms with Gasteiger partial charge in [0.1, 0.15) is 0 Å². The molecule has 0 bridgehead atoms. The highest BCUT2D eigenvalue weighted by atomic mass is 32.1. The van der Waals surface area contributed by atoms with Crippen molar-refractivity contribution in [2.45, 2.75) is 12.1 Å². The van der Waals surface area contributed by atoms with Gasteiger partial charge in [-0.3, -0.25) is 10.1 Å². The van der Waals surface area contributed by atoms with Crippen LogP contribution in [0.4, 0.5) is 5.69 Å². The zero-order chi connectivity index (χ0) is 13.1. The van der Waals surface area contributed by atoms with Gasteiger partial charge >= 0.3 is 0 Å². The van der Waals surface area contributed by atoms with Crippen LogP contribution in [0.1, 0.15) is 11.4 Å². The van der Waals surface area contributed by atoms with Crippen LogP contribution in [0.3, 0.4) is 0 Å². The van der Waals surface area contributed by atoms with Gasteiger partial charge in [0.15, 0.2) is 5.82 Å². The van der Waals surface area contributed by atoms with Gasteiger partial charge in [-0.15, -0.1) is 22.8 Å². The molecule has 0 spiro atoms. The van der Waals surface area contributed by atoms with Crippen molar-refractivity contribution in [3.8, 4) is 0 Å². The van der Waals surface area contributed by atoms with Gasteiger partial charge in [-0.1, -0.05) is 0 Å². The second kappa shape index (κ2) is 4.96. The zero-order valence-corrected chi connectivity index (χ0v) is 10.3. The average Bonchev–Trinajstić information content (AvgIpc) is 2.67. The molecule has 1 heterocycles. The summed E-state index contributed by atoms with van der Waals surface area (Å²) in [7, 11) is 0. The van der Waals surface area contributed by atoms with Gasteiger partial charge in [0.05, 0.1) is 11.1 Å². The van der Waals surface area contributed by atoms with Crippen LogP contribution >= 0.6 is 12.6 Å². The minimum absolute atomic E-state index is 0.0440. The summed E-state index contributed by atoms with van der Waals surface area (Å²) in [6.07, 6.45) is 1.56. The summed E-state index contributed by atoms with van der Waals surface area (Å²) < 4.78 is 1.46. The quantitative estimate of drug-likeness (QED) is 0.395. The Morgan fingerprint density at radius 1 is 1.39 bits per heavy atom. The van der Waals surface area contributed by atoms with E-state index in [9.17, 15) is 10.1 Å². The average molecular weight is 263 g/mol. The van der Waals surface area contributed by atoms with Crippen LogP contribution < -0.4 is 0 Å². The van der Waals surface area contributed by atoms with Gasteiger partial charge in [0.25, 0.3) is 5.69 Å². The molecule has 0 radical (unpaired) electrons. The van der Waals surface area contributed by atoms with Crippen LogP contribution in [0.5, 0.6) is 0 Å². The number of hydrogen-bond donors (Lipinski definition) is 1. The summed E-state index contributed by atoms with van der Waals surface area (Å²) in [5.41, 5.74) is 0.781. The first kappa shape index (κ1) is 12.2. The SMILES string of the molecule is Cc1nnc(S)n1N=Cc1ccc([N+](=O)[O-])cc1. The van der Waals surface area contributed by atoms with Gasteiger partial charge < -0.3 is 0 Å². The molecule has 2 rings (SSSR count). The molecule has 0 saturated heterocycles. The minimum atomic E-state index is -0.448. The lowest BCUT2D eigenvalue weighted by Crippen LogP contribution is -1.94. The Labute approximate surface area is 108 Å². The standard InChI is InChI=1S/C10H9N5O2S/c1-7-12-13-10(18)14(7)11-6-8-2-4-9(5-3-8)15(16)17/h2-6H,1H3,(H,13,18). The number of nitro groups is 1. The van der Waals surface area contributed by atoms with Crippen molar-refractivity contribution in [2.75, 3.05) is 0 Å². The number of nitro benzene ring substituents is 1. The molecule has 1 aromatic carbocycles. The number of aryl methyl sites for hydroxylation is 1. The lowest BCUT2D eigenvalue weighted by molar-refractivity contribution is -0.384. The lowest BCUT2D eigenvalue weighted by atomic mass is 10.2. The van der Waals surface area contributed by atoms with Crippen molar-refractivity contribution in [1.82, 2.24) is 14.9 Å². The molecule has 18 heavy (non-hydrogen) atoms. The monoisotopic (exact) mass is 263 g/mol. The van der Waals surface area contributed by atoms with Gasteiger partial charge in [-0.25, -0.2) is 0 Å². The maximum atomic E-state index is 10.5. The lowest BCUT2D eigenvalue weighted by Gasteiger charge is -1.97. The van der Waals surface area contributed by atoms with Crippen LogP contribution in [0.2, 0.25) is 0 Å². The zero-order valence-electron chi connectivity index (χ0n) is 9.39. The van der Waals surface area contributed by atoms with Crippen LogP contribution in [0.15, 0.2) is 34.5 Å². The second-order valence-corrected chi connectivity index (χ2v) is 3.85. The topological polar surface area (TPSA) is 86.2 Å². The number of hydrogen-bond acceptors (Lipinski definition) is 6. The molecule has 0 amide bonds. The summed E-state index contributed by atoms with van der Waals surface area (Å²) >= 11 is 4.09. The van der Waals surface area contributed by atoms with Crippen LogP contribution in [0.25, 0.3) is 0 Å². The van der Waals surface area contributed by atoms with E-state index in [0.717, 1.165) is 5.56 Å². The Bertz CT molecular complexity index is 586. The van der Waals surface area contributed by atoms with Crippen molar-refractivity contribution in [1.29, 1.82) is 0 Å². The number of nitrogens with zero attached hydrogens (tertiary/aromatic N) is 5. The molecule has 8 heteroatoms. The molecule has 2 aromatic rings. The summed E-state index contributed by atoms with van der Waals surface area (Å²) in [5, 5.41) is 22.5. The first-order valence-electron chi connectivity index (χ1n) is 4.98. The third-order valence-corrected chi connectivity index (χ3v) is 2.49. The molecular weight excluding hydrogens is 254 g/mol. The summed E-state index contributed by atoms with van der Waals surface area (Å²) in [6.45, 7) is 1.75. The molecule has 0 aliphatic rings. The van der Waals surface area contributed by atoms with E-state index in [0.29, 0.717) is 11.0 Å². The highest BCUT2D eigenvalue weighted by molar-refractivity contribution is 7.80. The maximum absolute atomic E-state index is 10.5. The van der Waals surface area contributed by atoms with Crippen LogP contribution in [0, 0.1) is 17.0 Å². The fourth-order valence-electron chi connectivity index (χ4n) is 1.29. The van der Waals surface area contributed by atoms with Crippen LogP contribution in [-0.2, 0) is 0 Å². The maximum Gasteiger partial charge on any atom is 0.269 e. The van der Waals surface area contributed by atoms with Gasteiger partial charge in [0.2, 0.25) is 5.16 Å². The Balaban J connectivity index is 2.21. The largest absolute Gasteiger partial charge is 0.269 e. The molecule has 0 atom stereocenters. The number of benzene rings is 1. The molecule has 1 aromatic heterocycles. The number of aromatic nitrogens is 3. The van der Waals surface area contributed by atoms with Crippen molar-refractivity contribution in [3.05, 3.63) is 45.8 Å². The van der Waals surface area contributed by atoms with E-state index in [1.54, 1.807) is 25.3 Å². The molecule has 92 valence electrons. The third kappa shape index (κ3) is 2.54. The molecule has 0 saturated carbocycles. The molecular formula is C10H9N5O2S. The van der Waals surface area contributed by atoms with Crippen molar-refractivity contribution >= 4 is 24.5 Å². The van der Waals surface area contributed by atoms with Gasteiger partial charge in [-0.2, -0.15) is 9.78 Å².